The van der Waals surface area contributed by atoms with Gasteiger partial charge in [0.05, 0.1) is 23.4 Å². The van der Waals surface area contributed by atoms with E-state index < -0.39 is 0 Å². The van der Waals surface area contributed by atoms with Crippen LogP contribution < -0.4 is 5.32 Å². The number of pyridine rings is 2. The maximum Gasteiger partial charge on any atom is 0.338 e. The number of carbonyl (C=O) groups is 2. The minimum absolute atomic E-state index is 0. The van der Waals surface area contributed by atoms with E-state index in [9.17, 15) is 9.59 Å². The van der Waals surface area contributed by atoms with E-state index in [1.807, 2.05) is 30.0 Å². The molecule has 2 aromatic heterocycles. The van der Waals surface area contributed by atoms with Crippen molar-refractivity contribution in [1.82, 2.24) is 14.9 Å². The van der Waals surface area contributed by atoms with Gasteiger partial charge in [-0.05, 0) is 62.9 Å². The van der Waals surface area contributed by atoms with Crippen LogP contribution in [-0.2, 0) is 4.74 Å². The van der Waals surface area contributed by atoms with Gasteiger partial charge in [-0.2, -0.15) is 0 Å². The zero-order valence-corrected chi connectivity index (χ0v) is 19.9. The fourth-order valence-electron chi connectivity index (χ4n) is 3.93. The van der Waals surface area contributed by atoms with Crippen LogP contribution in [0.1, 0.15) is 53.1 Å². The van der Waals surface area contributed by atoms with Crippen LogP contribution in [0.5, 0.6) is 0 Å². The number of rotatable bonds is 5. The molecule has 1 amide bonds. The molecule has 1 N–H and O–H groups in total. The van der Waals surface area contributed by atoms with Gasteiger partial charge >= 0.3 is 5.97 Å². The van der Waals surface area contributed by atoms with Crippen LogP contribution >= 0.6 is 12.4 Å². The topological polar surface area (TPSA) is 84.4 Å². The number of piperidine rings is 1. The number of ether oxygens (including phenoxy) is 1. The smallest absolute Gasteiger partial charge is 0.338 e. The first-order chi connectivity index (χ1) is 15.5. The molecule has 3 heterocycles. The van der Waals surface area contributed by atoms with Gasteiger partial charge in [0.1, 0.15) is 0 Å². The molecule has 1 aliphatic heterocycles. The molecule has 8 heteroatoms. The summed E-state index contributed by atoms with van der Waals surface area (Å²) in [5, 5.41) is 4.12. The summed E-state index contributed by atoms with van der Waals surface area (Å²) in [5.74, 6) is 0.201. The van der Waals surface area contributed by atoms with Gasteiger partial charge in [-0.3, -0.25) is 4.79 Å². The van der Waals surface area contributed by atoms with Crippen molar-refractivity contribution >= 4 is 46.7 Å². The number of esters is 1. The van der Waals surface area contributed by atoms with Crippen molar-refractivity contribution in [2.75, 3.05) is 25.0 Å². The molecule has 174 valence electrons. The molecule has 33 heavy (non-hydrogen) atoms. The van der Waals surface area contributed by atoms with Crippen LogP contribution in [0.2, 0.25) is 0 Å². The molecule has 0 bridgehead atoms. The van der Waals surface area contributed by atoms with Gasteiger partial charge in [-0.25, -0.2) is 14.8 Å². The second-order valence-corrected chi connectivity index (χ2v) is 8.27. The average molecular weight is 469 g/mol. The standard InChI is InChI=1S/C25H28N4O3.ClH/c1-4-32-25(31)18-6-5-7-19(14-18)28-22-20-9-8-17(3)27-23(20)26-15-21(22)24(30)29-12-10-16(2)11-13-29;/h5-9,14-16H,4,10-13H2,1-3H3,(H,26,27,28);1H. The highest BCUT2D eigenvalue weighted by atomic mass is 35.5. The second kappa shape index (κ2) is 10.6. The summed E-state index contributed by atoms with van der Waals surface area (Å²) in [6.07, 6.45) is 3.60. The molecule has 1 fully saturated rings. The molecule has 1 aromatic carbocycles. The molecule has 3 aromatic rings. The molecule has 0 radical (unpaired) electrons. The second-order valence-electron chi connectivity index (χ2n) is 8.27. The summed E-state index contributed by atoms with van der Waals surface area (Å²) in [5.41, 5.74) is 3.70. The number of aryl methyl sites for hydroxylation is 1. The van der Waals surface area contributed by atoms with Gasteiger partial charge in [0.25, 0.3) is 5.91 Å². The Morgan fingerprint density at radius 2 is 1.94 bits per heavy atom. The van der Waals surface area contributed by atoms with Crippen LogP contribution in [0, 0.1) is 12.8 Å². The summed E-state index contributed by atoms with van der Waals surface area (Å²) < 4.78 is 5.12. The van der Waals surface area contributed by atoms with Crippen molar-refractivity contribution in [1.29, 1.82) is 0 Å². The number of nitrogens with one attached hydrogen (secondary N) is 1. The fourth-order valence-corrected chi connectivity index (χ4v) is 3.93. The van der Waals surface area contributed by atoms with Gasteiger partial charge in [-0.1, -0.05) is 13.0 Å². The SMILES string of the molecule is CCOC(=O)c1cccc(Nc2c(C(=O)N3CCC(C)CC3)cnc3nc(C)ccc23)c1.Cl. The highest BCUT2D eigenvalue weighted by Crippen LogP contribution is 2.31. The van der Waals surface area contributed by atoms with Crippen LogP contribution in [0.4, 0.5) is 11.4 Å². The Bertz CT molecular complexity index is 1160. The average Bonchev–Trinajstić information content (AvgIpc) is 2.79. The number of amides is 1. The van der Waals surface area contributed by atoms with Crippen LogP contribution in [0.25, 0.3) is 11.0 Å². The maximum atomic E-state index is 13.4. The molecule has 0 spiro atoms. The molecular formula is C25H29ClN4O3. The zero-order valence-electron chi connectivity index (χ0n) is 19.1. The van der Waals surface area contributed by atoms with Crippen molar-refractivity contribution in [3.8, 4) is 0 Å². The Kier molecular flexibility index (Phi) is 7.87. The predicted octanol–water partition coefficient (Wildman–Crippen LogP) is 5.15. The summed E-state index contributed by atoms with van der Waals surface area (Å²) in [6.45, 7) is 7.69. The lowest BCUT2D eigenvalue weighted by atomic mass is 9.98. The number of fused-ring (bicyclic) bond motifs is 1. The van der Waals surface area contributed by atoms with E-state index in [0.717, 1.165) is 37.0 Å². The molecule has 4 rings (SSSR count). The Hall–Kier alpha value is -3.19. The Morgan fingerprint density at radius 3 is 2.67 bits per heavy atom. The van der Waals surface area contributed by atoms with E-state index in [1.165, 1.54) is 0 Å². The number of benzene rings is 1. The predicted molar refractivity (Wildman–Crippen MR) is 132 cm³/mol. The fraction of sp³-hybridized carbons (Fsp3) is 0.360. The lowest BCUT2D eigenvalue weighted by molar-refractivity contribution is 0.0526. The Balaban J connectivity index is 0.00000306. The summed E-state index contributed by atoms with van der Waals surface area (Å²) >= 11 is 0. The molecule has 0 unspecified atom stereocenters. The van der Waals surface area contributed by atoms with Crippen molar-refractivity contribution in [2.45, 2.75) is 33.6 Å². The van der Waals surface area contributed by atoms with Gasteiger partial charge in [-0.15, -0.1) is 12.4 Å². The van der Waals surface area contributed by atoms with E-state index in [4.69, 9.17) is 4.74 Å². The van der Waals surface area contributed by atoms with E-state index >= 15 is 0 Å². The van der Waals surface area contributed by atoms with Gasteiger partial charge < -0.3 is 15.0 Å². The number of likely N-dealkylation sites (tertiary alicyclic amines) is 1. The summed E-state index contributed by atoms with van der Waals surface area (Å²) in [7, 11) is 0. The number of hydrogen-bond acceptors (Lipinski definition) is 6. The van der Waals surface area contributed by atoms with Crippen molar-refractivity contribution in [2.24, 2.45) is 5.92 Å². The third-order valence-electron chi connectivity index (χ3n) is 5.81. The number of halogens is 1. The minimum Gasteiger partial charge on any atom is -0.462 e. The highest BCUT2D eigenvalue weighted by molar-refractivity contribution is 6.07. The summed E-state index contributed by atoms with van der Waals surface area (Å²) in [4.78, 5) is 36.5. The quantitative estimate of drug-likeness (QED) is 0.521. The van der Waals surface area contributed by atoms with E-state index in [1.54, 1.807) is 31.3 Å². The first kappa shape index (κ1) is 24.5. The lowest BCUT2D eigenvalue weighted by Crippen LogP contribution is -2.38. The number of hydrogen-bond donors (Lipinski definition) is 1. The third kappa shape index (κ3) is 5.42. The molecule has 0 atom stereocenters. The van der Waals surface area contributed by atoms with Crippen molar-refractivity contribution < 1.29 is 14.3 Å². The Morgan fingerprint density at radius 1 is 1.18 bits per heavy atom. The molecule has 7 nitrogen and oxygen atoms in total. The minimum atomic E-state index is -0.383. The summed E-state index contributed by atoms with van der Waals surface area (Å²) in [6, 6.07) is 10.9. The van der Waals surface area contributed by atoms with Crippen LogP contribution in [0.3, 0.4) is 0 Å². The van der Waals surface area contributed by atoms with Crippen LogP contribution in [0.15, 0.2) is 42.6 Å². The van der Waals surface area contributed by atoms with Gasteiger partial charge in [0.2, 0.25) is 0 Å². The third-order valence-corrected chi connectivity index (χ3v) is 5.81. The molecule has 0 aliphatic carbocycles. The van der Waals surface area contributed by atoms with E-state index in [-0.39, 0.29) is 24.3 Å². The normalized spacial score (nSPS) is 14.0. The number of nitrogens with zero attached hydrogens (tertiary/aromatic N) is 3. The maximum absolute atomic E-state index is 13.4. The molecule has 1 saturated heterocycles. The number of anilines is 2. The molecule has 1 aliphatic rings. The molecular weight excluding hydrogens is 440 g/mol. The first-order valence-electron chi connectivity index (χ1n) is 11.1. The monoisotopic (exact) mass is 468 g/mol. The van der Waals surface area contributed by atoms with E-state index in [2.05, 4.69) is 22.2 Å². The largest absolute Gasteiger partial charge is 0.462 e. The van der Waals surface area contributed by atoms with E-state index in [0.29, 0.717) is 40.7 Å². The van der Waals surface area contributed by atoms with Gasteiger partial charge in [0.15, 0.2) is 5.65 Å². The lowest BCUT2D eigenvalue weighted by Gasteiger charge is -2.31. The van der Waals surface area contributed by atoms with Crippen molar-refractivity contribution in [3.05, 3.63) is 59.4 Å². The molecule has 0 saturated carbocycles. The first-order valence-corrected chi connectivity index (χ1v) is 11.1. The van der Waals surface area contributed by atoms with Crippen molar-refractivity contribution in [3.63, 3.8) is 0 Å². The highest BCUT2D eigenvalue weighted by Gasteiger charge is 2.25. The Labute approximate surface area is 200 Å². The number of aromatic nitrogens is 2. The number of carbonyl (C=O) groups excluding carboxylic acids is 2. The van der Waals surface area contributed by atoms with Gasteiger partial charge in [0, 0.05) is 36.1 Å². The zero-order chi connectivity index (χ0) is 22.7. The van der Waals surface area contributed by atoms with Crippen LogP contribution in [-0.4, -0.2) is 46.4 Å².